The number of halogens is 5. The molecule has 1 rings (SSSR count). The monoisotopic (exact) mass is 331 g/mol. The van der Waals surface area contributed by atoms with E-state index in [0.29, 0.717) is 12.1 Å². The Bertz CT molecular complexity index is 519. The summed E-state index contributed by atoms with van der Waals surface area (Å²) >= 11 is 5.37. The van der Waals surface area contributed by atoms with Gasteiger partial charge in [0, 0.05) is 5.56 Å². The Morgan fingerprint density at radius 1 is 1.20 bits per heavy atom. The fraction of sp³-hybridized carbons (Fsp3) is 0.500. The third-order valence-corrected chi connectivity index (χ3v) is 4.29. The van der Waals surface area contributed by atoms with Gasteiger partial charge in [-0.05, 0) is 32.9 Å². The molecule has 1 aromatic rings. The van der Waals surface area contributed by atoms with E-state index in [1.54, 1.807) is 20.8 Å². The maximum atomic E-state index is 13.7. The zero-order valence-corrected chi connectivity index (χ0v) is 12.6. The molecular formula is C12H14ClF4NOS. The van der Waals surface area contributed by atoms with Gasteiger partial charge in [-0.1, -0.05) is 11.6 Å². The summed E-state index contributed by atoms with van der Waals surface area (Å²) in [6.45, 7) is 4.70. The molecule has 0 spiro atoms. The summed E-state index contributed by atoms with van der Waals surface area (Å²) in [5.41, 5.74) is -0.612. The van der Waals surface area contributed by atoms with Crippen LogP contribution in [0.15, 0.2) is 12.1 Å². The fourth-order valence-electron chi connectivity index (χ4n) is 1.32. The average molecular weight is 332 g/mol. The molecular weight excluding hydrogens is 318 g/mol. The van der Waals surface area contributed by atoms with Crippen LogP contribution in [-0.4, -0.2) is 15.4 Å². The zero-order valence-electron chi connectivity index (χ0n) is 11.0. The third-order valence-electron chi connectivity index (χ3n) is 2.42. The highest BCUT2D eigenvalue weighted by molar-refractivity contribution is 7.84. The van der Waals surface area contributed by atoms with Crippen LogP contribution in [0.3, 0.4) is 0 Å². The lowest BCUT2D eigenvalue weighted by Crippen LogP contribution is -2.38. The molecule has 0 aliphatic rings. The lowest BCUT2D eigenvalue weighted by molar-refractivity contribution is 0.107. The first-order valence-corrected chi connectivity index (χ1v) is 7.17. The van der Waals surface area contributed by atoms with E-state index in [-0.39, 0.29) is 0 Å². The van der Waals surface area contributed by atoms with Crippen molar-refractivity contribution < 1.29 is 21.8 Å². The van der Waals surface area contributed by atoms with Gasteiger partial charge in [-0.3, -0.25) is 0 Å². The third kappa shape index (κ3) is 4.17. The first kappa shape index (κ1) is 17.4. The largest absolute Gasteiger partial charge is 0.258 e. The van der Waals surface area contributed by atoms with Crippen molar-refractivity contribution in [1.82, 2.24) is 4.72 Å². The molecule has 0 unspecified atom stereocenters. The number of benzene rings is 1. The highest BCUT2D eigenvalue weighted by atomic mass is 35.5. The van der Waals surface area contributed by atoms with E-state index < -0.39 is 50.4 Å². The Kier molecular flexibility index (Phi) is 5.57. The standard InChI is InChI=1S/C12H14ClF4NOS/c1-12(2,3)20(19)18-10(11(16)17)6-4-9(15)7(13)5-8(6)14/h4-5,10-11,18H,1-3H3/t10-,20-/m0/s1. The summed E-state index contributed by atoms with van der Waals surface area (Å²) < 4.78 is 66.2. The van der Waals surface area contributed by atoms with E-state index in [0.717, 1.165) is 0 Å². The van der Waals surface area contributed by atoms with E-state index in [1.807, 2.05) is 0 Å². The molecule has 1 N–H and O–H groups in total. The minimum Gasteiger partial charge on any atom is -0.242 e. The van der Waals surface area contributed by atoms with Crippen molar-refractivity contribution in [2.75, 3.05) is 0 Å². The Hall–Kier alpha value is -0.660. The number of rotatable bonds is 4. The van der Waals surface area contributed by atoms with Crippen LogP contribution in [0.4, 0.5) is 17.6 Å². The van der Waals surface area contributed by atoms with Crippen molar-refractivity contribution in [3.05, 3.63) is 34.4 Å². The molecule has 20 heavy (non-hydrogen) atoms. The predicted octanol–water partition coefficient (Wildman–Crippen LogP) is 3.98. The maximum absolute atomic E-state index is 13.7. The maximum Gasteiger partial charge on any atom is 0.258 e. The first-order valence-electron chi connectivity index (χ1n) is 5.64. The molecule has 0 radical (unpaired) electrons. The van der Waals surface area contributed by atoms with E-state index in [1.165, 1.54) is 0 Å². The zero-order chi connectivity index (χ0) is 15.7. The van der Waals surface area contributed by atoms with Crippen molar-refractivity contribution in [2.45, 2.75) is 38.0 Å². The van der Waals surface area contributed by atoms with Crippen LogP contribution in [-0.2, 0) is 11.0 Å². The van der Waals surface area contributed by atoms with Gasteiger partial charge in [-0.25, -0.2) is 26.5 Å². The van der Waals surface area contributed by atoms with Crippen LogP contribution in [0.5, 0.6) is 0 Å². The first-order chi connectivity index (χ1) is 9.04. The number of hydrogen-bond acceptors (Lipinski definition) is 1. The molecule has 0 saturated heterocycles. The summed E-state index contributed by atoms with van der Waals surface area (Å²) in [5.74, 6) is -2.10. The van der Waals surface area contributed by atoms with Crippen LogP contribution in [0.25, 0.3) is 0 Å². The van der Waals surface area contributed by atoms with Gasteiger partial charge in [-0.2, -0.15) is 0 Å². The Balaban J connectivity index is 3.16. The van der Waals surface area contributed by atoms with Crippen molar-refractivity contribution >= 4 is 22.6 Å². The molecule has 0 saturated carbocycles. The van der Waals surface area contributed by atoms with E-state index in [4.69, 9.17) is 11.6 Å². The van der Waals surface area contributed by atoms with Gasteiger partial charge in [0.25, 0.3) is 6.43 Å². The van der Waals surface area contributed by atoms with E-state index in [9.17, 15) is 21.8 Å². The molecule has 0 amide bonds. The molecule has 8 heteroatoms. The molecule has 2 nitrogen and oxygen atoms in total. The Labute approximate surface area is 122 Å². The van der Waals surface area contributed by atoms with Gasteiger partial charge in [0.05, 0.1) is 20.8 Å². The molecule has 0 bridgehead atoms. The smallest absolute Gasteiger partial charge is 0.242 e. The van der Waals surface area contributed by atoms with Gasteiger partial charge in [0.15, 0.2) is 0 Å². The molecule has 1 aromatic carbocycles. The highest BCUT2D eigenvalue weighted by Gasteiger charge is 2.31. The molecule has 0 aliphatic heterocycles. The van der Waals surface area contributed by atoms with Crippen LogP contribution in [0.1, 0.15) is 32.4 Å². The molecule has 0 fully saturated rings. The summed E-state index contributed by atoms with van der Waals surface area (Å²) in [4.78, 5) is 0. The molecule has 0 aliphatic carbocycles. The van der Waals surface area contributed by atoms with Gasteiger partial charge in [0.1, 0.15) is 17.7 Å². The quantitative estimate of drug-likeness (QED) is 0.656. The molecule has 2 atom stereocenters. The number of nitrogens with one attached hydrogen (secondary N) is 1. The second-order valence-corrected chi connectivity index (χ2v) is 7.50. The SMILES string of the molecule is CC(C)(C)[S@](=O)N[C@@H](c1cc(F)c(Cl)cc1F)C(F)F. The average Bonchev–Trinajstić information content (AvgIpc) is 2.29. The summed E-state index contributed by atoms with van der Waals surface area (Å²) in [5, 5.41) is -0.504. The van der Waals surface area contributed by atoms with Crippen molar-refractivity contribution in [2.24, 2.45) is 0 Å². The van der Waals surface area contributed by atoms with E-state index >= 15 is 0 Å². The van der Waals surface area contributed by atoms with Gasteiger partial charge in [0.2, 0.25) is 0 Å². The predicted molar refractivity (Wildman–Crippen MR) is 71.1 cm³/mol. The van der Waals surface area contributed by atoms with E-state index in [2.05, 4.69) is 4.72 Å². The molecule has 0 heterocycles. The van der Waals surface area contributed by atoms with Gasteiger partial charge in [-0.15, -0.1) is 0 Å². The topological polar surface area (TPSA) is 29.1 Å². The van der Waals surface area contributed by atoms with Crippen LogP contribution < -0.4 is 4.72 Å². The van der Waals surface area contributed by atoms with Crippen LogP contribution in [0.2, 0.25) is 5.02 Å². The van der Waals surface area contributed by atoms with Crippen molar-refractivity contribution in [3.8, 4) is 0 Å². The van der Waals surface area contributed by atoms with Crippen molar-refractivity contribution in [1.29, 1.82) is 0 Å². The molecule has 114 valence electrons. The Morgan fingerprint density at radius 2 is 1.75 bits per heavy atom. The van der Waals surface area contributed by atoms with Crippen LogP contribution in [0, 0.1) is 11.6 Å². The normalized spacial score (nSPS) is 15.4. The van der Waals surface area contributed by atoms with Crippen molar-refractivity contribution in [3.63, 3.8) is 0 Å². The van der Waals surface area contributed by atoms with Gasteiger partial charge >= 0.3 is 0 Å². The fourth-order valence-corrected chi connectivity index (χ4v) is 2.28. The lowest BCUT2D eigenvalue weighted by Gasteiger charge is -2.24. The molecule has 0 aromatic heterocycles. The summed E-state index contributed by atoms with van der Waals surface area (Å²) in [7, 11) is -1.86. The van der Waals surface area contributed by atoms with Crippen LogP contribution >= 0.6 is 11.6 Å². The minimum atomic E-state index is -3.06. The summed E-state index contributed by atoms with van der Waals surface area (Å²) in [6.07, 6.45) is -3.06. The Morgan fingerprint density at radius 3 is 2.20 bits per heavy atom. The second-order valence-electron chi connectivity index (χ2n) is 5.10. The minimum absolute atomic E-state index is 0.504. The highest BCUT2D eigenvalue weighted by Crippen LogP contribution is 2.29. The lowest BCUT2D eigenvalue weighted by atomic mass is 10.1. The number of hydrogen-bond donors (Lipinski definition) is 1. The van der Waals surface area contributed by atoms with Gasteiger partial charge < -0.3 is 0 Å². The summed E-state index contributed by atoms with van der Waals surface area (Å²) in [6, 6.07) is -0.688. The second kappa shape index (κ2) is 6.41. The number of alkyl halides is 2.